The number of rotatable bonds is 2. The Hall–Kier alpha value is -1.87. The Balaban J connectivity index is 1.96. The lowest BCUT2D eigenvalue weighted by atomic mass is 10.0. The van der Waals surface area contributed by atoms with Gasteiger partial charge in [-0.2, -0.15) is 0 Å². The molecule has 17 heavy (non-hydrogen) atoms. The number of hydrogen-bond acceptors (Lipinski definition) is 3. The van der Waals surface area contributed by atoms with Crippen molar-refractivity contribution < 1.29 is 4.74 Å². The van der Waals surface area contributed by atoms with Crippen LogP contribution in [0.4, 0.5) is 0 Å². The van der Waals surface area contributed by atoms with Gasteiger partial charge in [0.25, 0.3) is 0 Å². The highest BCUT2D eigenvalue weighted by Crippen LogP contribution is 2.32. The van der Waals surface area contributed by atoms with Gasteiger partial charge in [-0.25, -0.2) is 0 Å². The lowest BCUT2D eigenvalue weighted by molar-refractivity contribution is 0.241. The fraction of sp³-hybridized carbons (Fsp3) is 0.214. The maximum atomic E-state index is 5.71. The third kappa shape index (κ3) is 1.89. The molecule has 2 aromatic rings. The van der Waals surface area contributed by atoms with Gasteiger partial charge in [0.1, 0.15) is 11.9 Å². The smallest absolute Gasteiger partial charge is 0.123 e. The molecule has 2 N–H and O–H groups in total. The van der Waals surface area contributed by atoms with Crippen molar-refractivity contribution in [2.24, 2.45) is 5.73 Å². The highest BCUT2D eigenvalue weighted by Gasteiger charge is 2.21. The van der Waals surface area contributed by atoms with Gasteiger partial charge in [-0.05, 0) is 29.3 Å². The van der Waals surface area contributed by atoms with E-state index in [1.165, 1.54) is 11.1 Å². The van der Waals surface area contributed by atoms with Gasteiger partial charge in [0, 0.05) is 30.9 Å². The van der Waals surface area contributed by atoms with Crippen molar-refractivity contribution in [3.05, 3.63) is 48.3 Å². The molecule has 0 unspecified atom stereocenters. The van der Waals surface area contributed by atoms with Gasteiger partial charge in [-0.1, -0.05) is 12.1 Å². The number of ether oxygens (including phenoxy) is 1. The van der Waals surface area contributed by atoms with E-state index in [-0.39, 0.29) is 6.10 Å². The van der Waals surface area contributed by atoms with Crippen LogP contribution in [-0.4, -0.2) is 17.6 Å². The molecule has 0 saturated heterocycles. The first-order valence-corrected chi connectivity index (χ1v) is 5.77. The van der Waals surface area contributed by atoms with Crippen LogP contribution in [0.15, 0.2) is 42.7 Å². The van der Waals surface area contributed by atoms with Crippen LogP contribution in [-0.2, 0) is 6.42 Å². The molecular formula is C14H14N2O. The number of pyridine rings is 1. The Labute approximate surface area is 100 Å². The van der Waals surface area contributed by atoms with Crippen LogP contribution in [0.3, 0.4) is 0 Å². The Morgan fingerprint density at radius 2 is 2.24 bits per heavy atom. The lowest BCUT2D eigenvalue weighted by Crippen LogP contribution is -2.24. The summed E-state index contributed by atoms with van der Waals surface area (Å²) in [7, 11) is 0. The van der Waals surface area contributed by atoms with E-state index in [0.29, 0.717) is 6.54 Å². The zero-order valence-corrected chi connectivity index (χ0v) is 9.47. The Kier molecular flexibility index (Phi) is 2.53. The second-order valence-electron chi connectivity index (χ2n) is 4.24. The molecule has 1 aliphatic rings. The Bertz CT molecular complexity index is 525. The van der Waals surface area contributed by atoms with Gasteiger partial charge in [-0.3, -0.25) is 4.98 Å². The third-order valence-corrected chi connectivity index (χ3v) is 3.06. The molecule has 3 rings (SSSR count). The quantitative estimate of drug-likeness (QED) is 0.852. The van der Waals surface area contributed by atoms with E-state index in [2.05, 4.69) is 23.2 Å². The van der Waals surface area contributed by atoms with Crippen molar-refractivity contribution in [1.29, 1.82) is 0 Å². The molecule has 0 spiro atoms. The van der Waals surface area contributed by atoms with E-state index in [9.17, 15) is 0 Å². The van der Waals surface area contributed by atoms with Crippen LogP contribution in [0.2, 0.25) is 0 Å². The number of aromatic nitrogens is 1. The zero-order valence-electron chi connectivity index (χ0n) is 9.47. The van der Waals surface area contributed by atoms with Crippen LogP contribution >= 0.6 is 0 Å². The molecule has 86 valence electrons. The predicted molar refractivity (Wildman–Crippen MR) is 66.8 cm³/mol. The molecule has 1 atom stereocenters. The molecule has 2 heterocycles. The van der Waals surface area contributed by atoms with Crippen molar-refractivity contribution in [3.63, 3.8) is 0 Å². The molecule has 0 saturated carbocycles. The van der Waals surface area contributed by atoms with Crippen molar-refractivity contribution in [2.75, 3.05) is 6.54 Å². The summed E-state index contributed by atoms with van der Waals surface area (Å²) in [5.74, 6) is 0.966. The first-order chi connectivity index (χ1) is 8.36. The van der Waals surface area contributed by atoms with Crippen LogP contribution in [0, 0.1) is 0 Å². The molecule has 3 nitrogen and oxygen atoms in total. The fourth-order valence-electron chi connectivity index (χ4n) is 2.16. The molecule has 1 aromatic heterocycles. The maximum absolute atomic E-state index is 5.71. The van der Waals surface area contributed by atoms with Gasteiger partial charge in [0.2, 0.25) is 0 Å². The highest BCUT2D eigenvalue weighted by atomic mass is 16.5. The average molecular weight is 226 g/mol. The monoisotopic (exact) mass is 226 g/mol. The minimum Gasteiger partial charge on any atom is -0.488 e. The van der Waals surface area contributed by atoms with Crippen molar-refractivity contribution >= 4 is 0 Å². The third-order valence-electron chi connectivity index (χ3n) is 3.06. The van der Waals surface area contributed by atoms with Crippen molar-refractivity contribution in [3.8, 4) is 16.9 Å². The molecule has 3 heteroatoms. The summed E-state index contributed by atoms with van der Waals surface area (Å²) in [5, 5.41) is 0. The minimum absolute atomic E-state index is 0.133. The summed E-state index contributed by atoms with van der Waals surface area (Å²) < 4.78 is 5.71. The zero-order chi connectivity index (χ0) is 11.7. The number of benzene rings is 1. The van der Waals surface area contributed by atoms with E-state index in [0.717, 1.165) is 17.7 Å². The molecule has 0 fully saturated rings. The molecule has 0 radical (unpaired) electrons. The predicted octanol–water partition coefficient (Wildman–Crippen LogP) is 2.01. The van der Waals surface area contributed by atoms with E-state index < -0.39 is 0 Å². The maximum Gasteiger partial charge on any atom is 0.123 e. The summed E-state index contributed by atoms with van der Waals surface area (Å²) in [6.07, 6.45) is 4.69. The number of fused-ring (bicyclic) bond motifs is 1. The fourth-order valence-corrected chi connectivity index (χ4v) is 2.16. The van der Waals surface area contributed by atoms with E-state index >= 15 is 0 Å². The molecule has 0 amide bonds. The first kappa shape index (κ1) is 10.3. The Morgan fingerprint density at radius 1 is 1.29 bits per heavy atom. The highest BCUT2D eigenvalue weighted by molar-refractivity contribution is 5.65. The summed E-state index contributed by atoms with van der Waals surface area (Å²) in [6.45, 7) is 0.566. The second-order valence-corrected chi connectivity index (χ2v) is 4.24. The molecular weight excluding hydrogens is 212 g/mol. The molecule has 1 aromatic carbocycles. The first-order valence-electron chi connectivity index (χ1n) is 5.77. The van der Waals surface area contributed by atoms with E-state index in [4.69, 9.17) is 10.5 Å². The van der Waals surface area contributed by atoms with Gasteiger partial charge < -0.3 is 10.5 Å². The van der Waals surface area contributed by atoms with Crippen molar-refractivity contribution in [1.82, 2.24) is 4.98 Å². The van der Waals surface area contributed by atoms with Crippen LogP contribution in [0.1, 0.15) is 5.56 Å². The number of nitrogens with zero attached hydrogens (tertiary/aromatic N) is 1. The largest absolute Gasteiger partial charge is 0.488 e. The second kappa shape index (κ2) is 4.18. The van der Waals surface area contributed by atoms with E-state index in [1.54, 1.807) is 6.20 Å². The normalized spacial score (nSPS) is 17.6. The molecule has 0 bridgehead atoms. The van der Waals surface area contributed by atoms with Crippen molar-refractivity contribution in [2.45, 2.75) is 12.5 Å². The minimum atomic E-state index is 0.133. The number of nitrogens with two attached hydrogens (primary N) is 1. The summed E-state index contributed by atoms with van der Waals surface area (Å²) in [5.41, 5.74) is 9.17. The van der Waals surface area contributed by atoms with E-state index in [1.807, 2.05) is 18.3 Å². The summed E-state index contributed by atoms with van der Waals surface area (Å²) in [6, 6.07) is 10.3. The molecule has 0 aliphatic carbocycles. The topological polar surface area (TPSA) is 48.1 Å². The average Bonchev–Trinajstić information content (AvgIpc) is 2.81. The van der Waals surface area contributed by atoms with Gasteiger partial charge >= 0.3 is 0 Å². The number of hydrogen-bond donors (Lipinski definition) is 1. The summed E-state index contributed by atoms with van der Waals surface area (Å²) >= 11 is 0. The Morgan fingerprint density at radius 3 is 3.00 bits per heavy atom. The summed E-state index contributed by atoms with van der Waals surface area (Å²) in [4.78, 5) is 4.13. The molecule has 1 aliphatic heterocycles. The van der Waals surface area contributed by atoms with Gasteiger partial charge in [0.15, 0.2) is 0 Å². The van der Waals surface area contributed by atoms with Crippen LogP contribution in [0.25, 0.3) is 11.1 Å². The van der Waals surface area contributed by atoms with Crippen LogP contribution < -0.4 is 10.5 Å². The lowest BCUT2D eigenvalue weighted by Gasteiger charge is -2.06. The van der Waals surface area contributed by atoms with Gasteiger partial charge in [-0.15, -0.1) is 0 Å². The standard InChI is InChI=1S/C14H14N2O/c15-8-13-7-12-6-10(3-4-14(12)17-13)11-2-1-5-16-9-11/h1-6,9,13H,7-8,15H2/t13-/m1/s1. The van der Waals surface area contributed by atoms with Gasteiger partial charge in [0.05, 0.1) is 0 Å². The van der Waals surface area contributed by atoms with Crippen LogP contribution in [0.5, 0.6) is 5.75 Å². The SMILES string of the molecule is NC[C@H]1Cc2cc(-c3cccnc3)ccc2O1.